The summed E-state index contributed by atoms with van der Waals surface area (Å²) < 4.78 is 5.26. The zero-order chi connectivity index (χ0) is 16.9. The molecule has 2 aromatic rings. The van der Waals surface area contributed by atoms with Gasteiger partial charge in [-0.25, -0.2) is 9.78 Å². The minimum atomic E-state index is -0.0337. The SMILES string of the molecule is CO[C@@H](C)c1nc(CNC(=O)N2CCC[C@H](c3ccn[nH]3)C2)cs1. The monoisotopic (exact) mass is 349 g/mol. The molecule has 1 aliphatic rings. The number of hydrogen-bond donors (Lipinski definition) is 2. The largest absolute Gasteiger partial charge is 0.375 e. The van der Waals surface area contributed by atoms with Crippen molar-refractivity contribution in [2.24, 2.45) is 0 Å². The molecular weight excluding hydrogens is 326 g/mol. The van der Waals surface area contributed by atoms with E-state index < -0.39 is 0 Å². The molecule has 1 aliphatic heterocycles. The average molecular weight is 349 g/mol. The Kier molecular flexibility index (Phi) is 5.47. The zero-order valence-corrected chi connectivity index (χ0v) is 14.8. The lowest BCUT2D eigenvalue weighted by Gasteiger charge is -2.32. The van der Waals surface area contributed by atoms with Gasteiger partial charge in [0.15, 0.2) is 0 Å². The predicted octanol–water partition coefficient (Wildman–Crippen LogP) is 2.66. The molecule has 3 heterocycles. The molecule has 8 heteroatoms. The molecule has 0 aromatic carbocycles. The highest BCUT2D eigenvalue weighted by molar-refractivity contribution is 7.09. The van der Waals surface area contributed by atoms with Crippen molar-refractivity contribution in [3.63, 3.8) is 0 Å². The van der Waals surface area contributed by atoms with Crippen LogP contribution in [0.15, 0.2) is 17.6 Å². The minimum absolute atomic E-state index is 0.0169. The third-order valence-corrected chi connectivity index (χ3v) is 5.42. The van der Waals surface area contributed by atoms with Gasteiger partial charge in [0, 0.05) is 43.4 Å². The fourth-order valence-corrected chi connectivity index (χ4v) is 3.73. The number of nitrogens with one attached hydrogen (secondary N) is 2. The number of rotatable bonds is 5. The Morgan fingerprint density at radius 1 is 1.62 bits per heavy atom. The number of carbonyl (C=O) groups is 1. The zero-order valence-electron chi connectivity index (χ0n) is 14.0. The smallest absolute Gasteiger partial charge is 0.317 e. The molecule has 2 N–H and O–H groups in total. The lowest BCUT2D eigenvalue weighted by molar-refractivity contribution is 0.119. The van der Waals surface area contributed by atoms with Crippen LogP contribution in [0.2, 0.25) is 0 Å². The van der Waals surface area contributed by atoms with Crippen LogP contribution < -0.4 is 5.32 Å². The molecule has 2 aromatic heterocycles. The second-order valence-corrected chi connectivity index (χ2v) is 6.90. The van der Waals surface area contributed by atoms with Gasteiger partial charge in [0.05, 0.1) is 12.2 Å². The Morgan fingerprint density at radius 2 is 2.50 bits per heavy atom. The first-order chi connectivity index (χ1) is 11.7. The molecule has 7 nitrogen and oxygen atoms in total. The molecule has 0 bridgehead atoms. The summed E-state index contributed by atoms with van der Waals surface area (Å²) in [5.41, 5.74) is 1.97. The van der Waals surface area contributed by atoms with Crippen molar-refractivity contribution in [2.75, 3.05) is 20.2 Å². The van der Waals surface area contributed by atoms with E-state index in [1.807, 2.05) is 23.3 Å². The summed E-state index contributed by atoms with van der Waals surface area (Å²) in [6.07, 6.45) is 3.83. The van der Waals surface area contributed by atoms with E-state index in [9.17, 15) is 4.79 Å². The first-order valence-electron chi connectivity index (χ1n) is 8.16. The van der Waals surface area contributed by atoms with Crippen LogP contribution in [0.1, 0.15) is 48.2 Å². The lowest BCUT2D eigenvalue weighted by atomic mass is 9.95. The Labute approximate surface area is 145 Å². The Morgan fingerprint density at radius 3 is 3.25 bits per heavy atom. The number of hydrogen-bond acceptors (Lipinski definition) is 5. The van der Waals surface area contributed by atoms with Crippen LogP contribution in [-0.4, -0.2) is 46.3 Å². The fraction of sp³-hybridized carbons (Fsp3) is 0.562. The second kappa shape index (κ2) is 7.76. The highest BCUT2D eigenvalue weighted by Gasteiger charge is 2.25. The van der Waals surface area contributed by atoms with Gasteiger partial charge in [0.1, 0.15) is 11.1 Å². The molecular formula is C16H23N5O2S. The number of nitrogens with zero attached hydrogens (tertiary/aromatic N) is 3. The summed E-state index contributed by atoms with van der Waals surface area (Å²) in [4.78, 5) is 18.8. The molecule has 0 saturated carbocycles. The van der Waals surface area contributed by atoms with Gasteiger partial charge in [0.2, 0.25) is 0 Å². The van der Waals surface area contributed by atoms with E-state index in [1.165, 1.54) is 0 Å². The molecule has 0 spiro atoms. The van der Waals surface area contributed by atoms with Crippen LogP contribution in [0.25, 0.3) is 0 Å². The quantitative estimate of drug-likeness (QED) is 0.869. The number of aromatic amines is 1. The second-order valence-electron chi connectivity index (χ2n) is 6.01. The predicted molar refractivity (Wildman–Crippen MR) is 91.9 cm³/mol. The number of thiazole rings is 1. The Bertz CT molecular complexity index is 657. The molecule has 130 valence electrons. The van der Waals surface area contributed by atoms with Gasteiger partial charge in [-0.2, -0.15) is 5.10 Å². The first-order valence-corrected chi connectivity index (χ1v) is 9.04. The van der Waals surface area contributed by atoms with Gasteiger partial charge in [-0.3, -0.25) is 5.10 Å². The molecule has 2 atom stereocenters. The maximum Gasteiger partial charge on any atom is 0.317 e. The number of ether oxygens (including phenoxy) is 1. The lowest BCUT2D eigenvalue weighted by Crippen LogP contribution is -2.44. The van der Waals surface area contributed by atoms with Gasteiger partial charge in [-0.1, -0.05) is 0 Å². The number of piperidine rings is 1. The van der Waals surface area contributed by atoms with E-state index >= 15 is 0 Å². The van der Waals surface area contributed by atoms with Crippen LogP contribution in [0.5, 0.6) is 0 Å². The molecule has 3 rings (SSSR count). The minimum Gasteiger partial charge on any atom is -0.375 e. The standard InChI is InChI=1S/C16H23N5O2S/c1-11(23-2)15-19-13(10-24-15)8-17-16(22)21-7-3-4-12(9-21)14-5-6-18-20-14/h5-6,10-12H,3-4,7-9H2,1-2H3,(H,17,22)(H,18,20)/t11-,12-/m0/s1. The van der Waals surface area contributed by atoms with Crippen LogP contribution in [0, 0.1) is 0 Å². The van der Waals surface area contributed by atoms with Crippen molar-refractivity contribution in [3.8, 4) is 0 Å². The maximum atomic E-state index is 12.4. The van der Waals surface area contributed by atoms with Crippen molar-refractivity contribution in [1.82, 2.24) is 25.4 Å². The Balaban J connectivity index is 1.52. The molecule has 2 amide bonds. The Hall–Kier alpha value is -1.93. The van der Waals surface area contributed by atoms with E-state index in [0.717, 1.165) is 42.3 Å². The highest BCUT2D eigenvalue weighted by atomic mass is 32.1. The normalized spacial score (nSPS) is 19.2. The maximum absolute atomic E-state index is 12.4. The third kappa shape index (κ3) is 3.93. The molecule has 0 radical (unpaired) electrons. The number of methoxy groups -OCH3 is 1. The topological polar surface area (TPSA) is 83.1 Å². The fourth-order valence-electron chi connectivity index (χ4n) is 2.88. The van der Waals surface area contributed by atoms with Crippen molar-refractivity contribution in [1.29, 1.82) is 0 Å². The molecule has 0 aliphatic carbocycles. The van der Waals surface area contributed by atoms with Crippen LogP contribution in [0.4, 0.5) is 4.79 Å². The van der Waals surface area contributed by atoms with Crippen molar-refractivity contribution in [2.45, 2.75) is 38.3 Å². The average Bonchev–Trinajstić information content (AvgIpc) is 3.30. The first kappa shape index (κ1) is 16.9. The van der Waals surface area contributed by atoms with Gasteiger partial charge >= 0.3 is 6.03 Å². The highest BCUT2D eigenvalue weighted by Crippen LogP contribution is 2.25. The van der Waals surface area contributed by atoms with Crippen molar-refractivity contribution in [3.05, 3.63) is 34.0 Å². The summed E-state index contributed by atoms with van der Waals surface area (Å²) in [6, 6.07) is 1.95. The van der Waals surface area contributed by atoms with E-state index in [-0.39, 0.29) is 12.1 Å². The van der Waals surface area contributed by atoms with Gasteiger partial charge in [-0.15, -0.1) is 11.3 Å². The van der Waals surface area contributed by atoms with Crippen molar-refractivity contribution >= 4 is 17.4 Å². The summed E-state index contributed by atoms with van der Waals surface area (Å²) in [7, 11) is 1.67. The number of urea groups is 1. The van der Waals surface area contributed by atoms with Gasteiger partial charge in [-0.05, 0) is 25.8 Å². The third-order valence-electron chi connectivity index (χ3n) is 4.36. The summed E-state index contributed by atoms with van der Waals surface area (Å²) in [6.45, 7) is 3.91. The molecule has 1 saturated heterocycles. The van der Waals surface area contributed by atoms with Crippen LogP contribution in [-0.2, 0) is 11.3 Å². The number of carbonyl (C=O) groups excluding carboxylic acids is 1. The van der Waals surface area contributed by atoms with E-state index in [0.29, 0.717) is 12.5 Å². The van der Waals surface area contributed by atoms with E-state index in [4.69, 9.17) is 4.74 Å². The summed E-state index contributed by atoms with van der Waals surface area (Å²) in [5, 5.41) is 12.9. The molecule has 0 unspecified atom stereocenters. The number of aromatic nitrogens is 3. The van der Waals surface area contributed by atoms with Crippen molar-refractivity contribution < 1.29 is 9.53 Å². The summed E-state index contributed by atoms with van der Waals surface area (Å²) in [5.74, 6) is 0.334. The summed E-state index contributed by atoms with van der Waals surface area (Å²) >= 11 is 1.56. The number of amides is 2. The number of H-pyrrole nitrogens is 1. The molecule has 1 fully saturated rings. The van der Waals surface area contributed by atoms with Gasteiger partial charge in [0.25, 0.3) is 0 Å². The van der Waals surface area contributed by atoms with E-state index in [1.54, 1.807) is 24.6 Å². The van der Waals surface area contributed by atoms with Crippen LogP contribution in [0.3, 0.4) is 0 Å². The van der Waals surface area contributed by atoms with Crippen LogP contribution >= 0.6 is 11.3 Å². The number of likely N-dealkylation sites (tertiary alicyclic amines) is 1. The van der Waals surface area contributed by atoms with E-state index in [2.05, 4.69) is 20.5 Å². The van der Waals surface area contributed by atoms with Gasteiger partial charge < -0.3 is 15.0 Å². The molecule has 24 heavy (non-hydrogen) atoms.